The molecule has 0 spiro atoms. The highest BCUT2D eigenvalue weighted by Crippen LogP contribution is 2.10. The first-order valence-corrected chi connectivity index (χ1v) is 11.7. The minimum Gasteiger partial charge on any atom is -0.394 e. The Balaban J connectivity index is 3.19. The Kier molecular flexibility index (Phi) is 21.6. The predicted octanol–water partition coefficient (Wildman–Crippen LogP) is 6.83. The average Bonchev–Trinajstić information content (AvgIpc) is 2.68. The second-order valence-electron chi connectivity index (χ2n) is 7.95. The molecule has 0 saturated carbocycles. The lowest BCUT2D eigenvalue weighted by molar-refractivity contribution is -0.0459. The van der Waals surface area contributed by atoms with Crippen LogP contribution in [0, 0.1) is 0 Å². The zero-order valence-corrected chi connectivity index (χ0v) is 18.6. The van der Waals surface area contributed by atoms with Crippen molar-refractivity contribution in [2.24, 2.45) is 0 Å². The van der Waals surface area contributed by atoms with Gasteiger partial charge in [0.2, 0.25) is 0 Å². The highest BCUT2D eigenvalue weighted by molar-refractivity contribution is 4.81. The van der Waals surface area contributed by atoms with Crippen molar-refractivity contribution in [2.75, 3.05) is 19.8 Å². The van der Waals surface area contributed by atoms with E-state index in [1.165, 1.54) is 83.5 Å². The van der Waals surface area contributed by atoms with Gasteiger partial charge in [0, 0.05) is 6.61 Å². The van der Waals surface area contributed by atoms with Crippen LogP contribution >= 0.6 is 0 Å². The minimum absolute atomic E-state index is 0.0711. The largest absolute Gasteiger partial charge is 0.394 e. The summed E-state index contributed by atoms with van der Waals surface area (Å²) in [5, 5.41) is 8.91. The summed E-state index contributed by atoms with van der Waals surface area (Å²) in [4.78, 5) is 0. The summed E-state index contributed by atoms with van der Waals surface area (Å²) >= 11 is 0. The maximum Gasteiger partial charge on any atom is 0.0780 e. The molecule has 0 aromatic rings. The molecule has 3 heteroatoms. The summed E-state index contributed by atoms with van der Waals surface area (Å²) in [6, 6.07) is 0. The molecule has 0 aromatic carbocycles. The quantitative estimate of drug-likeness (QED) is 0.174. The smallest absolute Gasteiger partial charge is 0.0780 e. The Morgan fingerprint density at radius 2 is 1.19 bits per heavy atom. The fourth-order valence-corrected chi connectivity index (χ4v) is 3.03. The molecule has 27 heavy (non-hydrogen) atoms. The van der Waals surface area contributed by atoms with Crippen LogP contribution in [0.15, 0.2) is 12.2 Å². The molecule has 2 atom stereocenters. The van der Waals surface area contributed by atoms with E-state index in [9.17, 15) is 0 Å². The number of rotatable bonds is 21. The van der Waals surface area contributed by atoms with Gasteiger partial charge in [0.15, 0.2) is 0 Å². The van der Waals surface area contributed by atoms with E-state index in [-0.39, 0.29) is 18.8 Å². The molecule has 0 aliphatic rings. The molecular weight excluding hydrogens is 336 g/mol. The summed E-state index contributed by atoms with van der Waals surface area (Å²) in [5.74, 6) is 0. The average molecular weight is 385 g/mol. The molecule has 0 heterocycles. The molecule has 162 valence electrons. The fraction of sp³-hybridized carbons (Fsp3) is 0.917. The van der Waals surface area contributed by atoms with Crippen LogP contribution in [0.25, 0.3) is 0 Å². The van der Waals surface area contributed by atoms with Gasteiger partial charge in [-0.1, -0.05) is 76.9 Å². The minimum atomic E-state index is -0.0959. The number of unbranched alkanes of at least 4 members (excludes halogenated alkanes) is 12. The lowest BCUT2D eigenvalue weighted by atomic mass is 10.1. The molecule has 0 fully saturated rings. The van der Waals surface area contributed by atoms with Gasteiger partial charge in [0.25, 0.3) is 0 Å². The van der Waals surface area contributed by atoms with E-state index in [4.69, 9.17) is 14.6 Å². The number of hydrogen-bond acceptors (Lipinski definition) is 3. The molecule has 0 aliphatic heterocycles. The van der Waals surface area contributed by atoms with Crippen LogP contribution < -0.4 is 0 Å². The Morgan fingerprint density at radius 1 is 0.667 bits per heavy atom. The van der Waals surface area contributed by atoms with Crippen molar-refractivity contribution in [1.82, 2.24) is 0 Å². The molecule has 0 amide bonds. The summed E-state index contributed by atoms with van der Waals surface area (Å²) in [6.07, 6.45) is 23.4. The van der Waals surface area contributed by atoms with Gasteiger partial charge in [-0.05, 0) is 46.0 Å². The highest BCUT2D eigenvalue weighted by atomic mass is 16.5. The van der Waals surface area contributed by atoms with E-state index in [0.717, 1.165) is 13.0 Å². The molecule has 2 unspecified atom stereocenters. The Hall–Kier alpha value is -0.380. The zero-order chi connectivity index (χ0) is 20.0. The van der Waals surface area contributed by atoms with Crippen LogP contribution in [-0.2, 0) is 9.47 Å². The Labute approximate surface area is 169 Å². The van der Waals surface area contributed by atoms with Crippen molar-refractivity contribution >= 4 is 0 Å². The van der Waals surface area contributed by atoms with E-state index in [1.807, 2.05) is 13.8 Å². The van der Waals surface area contributed by atoms with E-state index >= 15 is 0 Å². The molecule has 0 rings (SSSR count). The standard InChI is InChI=1S/C24H48O3/c1-4-5-6-7-8-9-10-11-12-13-14-15-16-17-18-19-20-26-24(3)22-27-23(2)21-25/h11-12,23-25H,4-10,13-22H2,1-3H3/b12-11-. The van der Waals surface area contributed by atoms with Crippen molar-refractivity contribution in [1.29, 1.82) is 0 Å². The van der Waals surface area contributed by atoms with Crippen molar-refractivity contribution in [3.05, 3.63) is 12.2 Å². The molecule has 0 bridgehead atoms. The maximum absolute atomic E-state index is 8.91. The summed E-state index contributed by atoms with van der Waals surface area (Å²) in [6.45, 7) is 7.63. The number of allylic oxidation sites excluding steroid dienone is 2. The molecular formula is C24H48O3. The summed E-state index contributed by atoms with van der Waals surface area (Å²) in [7, 11) is 0. The van der Waals surface area contributed by atoms with E-state index in [2.05, 4.69) is 19.1 Å². The summed E-state index contributed by atoms with van der Waals surface area (Å²) < 4.78 is 11.2. The monoisotopic (exact) mass is 384 g/mol. The van der Waals surface area contributed by atoms with Gasteiger partial charge in [-0.15, -0.1) is 0 Å². The van der Waals surface area contributed by atoms with Crippen LogP contribution in [0.1, 0.15) is 111 Å². The van der Waals surface area contributed by atoms with Gasteiger partial charge in [-0.3, -0.25) is 0 Å². The van der Waals surface area contributed by atoms with Crippen LogP contribution in [0.3, 0.4) is 0 Å². The Bertz CT molecular complexity index is 304. The number of aliphatic hydroxyl groups is 1. The highest BCUT2D eigenvalue weighted by Gasteiger charge is 2.05. The summed E-state index contributed by atoms with van der Waals surface area (Å²) in [5.41, 5.74) is 0. The van der Waals surface area contributed by atoms with Gasteiger partial charge in [-0.2, -0.15) is 0 Å². The van der Waals surface area contributed by atoms with Gasteiger partial charge in [0.05, 0.1) is 25.4 Å². The topological polar surface area (TPSA) is 38.7 Å². The zero-order valence-electron chi connectivity index (χ0n) is 18.6. The molecule has 0 aliphatic carbocycles. The van der Waals surface area contributed by atoms with Gasteiger partial charge >= 0.3 is 0 Å². The fourth-order valence-electron chi connectivity index (χ4n) is 3.03. The van der Waals surface area contributed by atoms with Gasteiger partial charge in [-0.25, -0.2) is 0 Å². The SMILES string of the molecule is CCCCCCCC/C=C\CCCCCCCCOC(C)COC(C)CO. The van der Waals surface area contributed by atoms with Crippen molar-refractivity contribution in [3.63, 3.8) is 0 Å². The first-order chi connectivity index (χ1) is 13.2. The third-order valence-corrected chi connectivity index (χ3v) is 4.93. The third-order valence-electron chi connectivity index (χ3n) is 4.93. The lowest BCUT2D eigenvalue weighted by Gasteiger charge is -2.16. The van der Waals surface area contributed by atoms with Crippen LogP contribution in [-0.4, -0.2) is 37.1 Å². The predicted molar refractivity (Wildman–Crippen MR) is 117 cm³/mol. The lowest BCUT2D eigenvalue weighted by Crippen LogP contribution is -2.22. The number of ether oxygens (including phenoxy) is 2. The first-order valence-electron chi connectivity index (χ1n) is 11.7. The van der Waals surface area contributed by atoms with Gasteiger partial charge in [0.1, 0.15) is 0 Å². The normalized spacial score (nSPS) is 14.1. The van der Waals surface area contributed by atoms with Crippen molar-refractivity contribution < 1.29 is 14.6 Å². The molecule has 0 saturated heterocycles. The molecule has 1 N–H and O–H groups in total. The van der Waals surface area contributed by atoms with Crippen LogP contribution in [0.2, 0.25) is 0 Å². The first kappa shape index (κ1) is 26.6. The third kappa shape index (κ3) is 21.8. The second-order valence-corrected chi connectivity index (χ2v) is 7.95. The van der Waals surface area contributed by atoms with Gasteiger partial charge < -0.3 is 14.6 Å². The number of aliphatic hydroxyl groups excluding tert-OH is 1. The molecule has 0 aromatic heterocycles. The van der Waals surface area contributed by atoms with Crippen molar-refractivity contribution in [3.8, 4) is 0 Å². The van der Waals surface area contributed by atoms with E-state index in [1.54, 1.807) is 0 Å². The number of hydrogen-bond donors (Lipinski definition) is 1. The molecule has 3 nitrogen and oxygen atoms in total. The second kappa shape index (κ2) is 21.9. The van der Waals surface area contributed by atoms with E-state index < -0.39 is 0 Å². The van der Waals surface area contributed by atoms with E-state index in [0.29, 0.717) is 6.61 Å². The van der Waals surface area contributed by atoms with Crippen LogP contribution in [0.5, 0.6) is 0 Å². The van der Waals surface area contributed by atoms with Crippen molar-refractivity contribution in [2.45, 2.75) is 123 Å². The maximum atomic E-state index is 8.91. The Morgan fingerprint density at radius 3 is 1.74 bits per heavy atom. The molecule has 0 radical (unpaired) electrons. The van der Waals surface area contributed by atoms with Crippen LogP contribution in [0.4, 0.5) is 0 Å².